The van der Waals surface area contributed by atoms with E-state index in [0.29, 0.717) is 6.42 Å². The Morgan fingerprint density at radius 1 is 1.47 bits per heavy atom. The Labute approximate surface area is 88.7 Å². The van der Waals surface area contributed by atoms with E-state index in [1.807, 2.05) is 0 Å². The smallest absolute Gasteiger partial charge is 0.367 e. The van der Waals surface area contributed by atoms with Crippen LogP contribution in [0.5, 0.6) is 5.75 Å². The summed E-state index contributed by atoms with van der Waals surface area (Å²) in [6.07, 6.45) is 0.486. The van der Waals surface area contributed by atoms with Gasteiger partial charge in [-0.2, -0.15) is 0 Å². The van der Waals surface area contributed by atoms with Gasteiger partial charge in [0.25, 0.3) is 0 Å². The van der Waals surface area contributed by atoms with Crippen LogP contribution in [0.4, 0.5) is 0 Å². The molecular weight excluding hydrogens is 194 g/mol. The number of aromatic hydroxyl groups is 1. The van der Waals surface area contributed by atoms with Crippen molar-refractivity contribution >= 4 is 5.97 Å². The van der Waals surface area contributed by atoms with E-state index in [4.69, 9.17) is 5.11 Å². The fourth-order valence-corrected chi connectivity index (χ4v) is 1.38. The maximum atomic E-state index is 11.4. The topological polar surface area (TPSA) is 74.2 Å². The zero-order chi connectivity index (χ0) is 11.5. The van der Waals surface area contributed by atoms with Gasteiger partial charge in [-0.3, -0.25) is 0 Å². The number of rotatable bonds is 3. The summed E-state index contributed by atoms with van der Waals surface area (Å²) in [5.74, 6) is -0.127. The van der Waals surface area contributed by atoms with Crippen molar-refractivity contribution in [3.8, 4) is 5.75 Å². The van der Waals surface area contributed by atoms with Crippen LogP contribution in [-0.4, -0.2) is 23.7 Å². The minimum absolute atomic E-state index is 0.211. The number of hydrogen-bond acceptors (Lipinski definition) is 3. The lowest BCUT2D eigenvalue weighted by atomic mass is 9.94. The van der Waals surface area contributed by atoms with Crippen LogP contribution >= 0.6 is 0 Å². The van der Waals surface area contributed by atoms with Crippen molar-refractivity contribution in [2.75, 3.05) is 7.11 Å². The molecule has 0 spiro atoms. The van der Waals surface area contributed by atoms with E-state index in [9.17, 15) is 4.79 Å². The molecule has 0 aliphatic heterocycles. The van der Waals surface area contributed by atoms with Crippen LogP contribution in [0.1, 0.15) is 12.5 Å². The molecular formula is C11H16NO3+. The molecule has 0 amide bonds. The van der Waals surface area contributed by atoms with E-state index >= 15 is 0 Å². The zero-order valence-corrected chi connectivity index (χ0v) is 8.99. The molecule has 0 bridgehead atoms. The lowest BCUT2D eigenvalue weighted by molar-refractivity contribution is -0.456. The highest BCUT2D eigenvalue weighted by atomic mass is 16.5. The van der Waals surface area contributed by atoms with Gasteiger partial charge in [0.05, 0.1) is 7.11 Å². The van der Waals surface area contributed by atoms with Crippen molar-refractivity contribution in [1.29, 1.82) is 0 Å². The number of phenols is 1. The van der Waals surface area contributed by atoms with Gasteiger partial charge in [0.1, 0.15) is 5.75 Å². The van der Waals surface area contributed by atoms with Crippen LogP contribution in [0.15, 0.2) is 24.3 Å². The number of carbonyl (C=O) groups excluding carboxylic acids is 1. The van der Waals surface area contributed by atoms with Gasteiger partial charge in [0.2, 0.25) is 0 Å². The molecule has 1 atom stereocenters. The first kappa shape index (κ1) is 11.5. The lowest BCUT2D eigenvalue weighted by Crippen LogP contribution is -2.76. The SMILES string of the molecule is COC(=O)[C@](C)([NH3+])Cc1ccc(O)cc1. The van der Waals surface area contributed by atoms with Gasteiger partial charge in [0, 0.05) is 13.3 Å². The minimum Gasteiger partial charge on any atom is -0.508 e. The largest absolute Gasteiger partial charge is 0.508 e. The predicted molar refractivity (Wildman–Crippen MR) is 55.1 cm³/mol. The quantitative estimate of drug-likeness (QED) is 0.695. The average Bonchev–Trinajstić information content (AvgIpc) is 2.20. The van der Waals surface area contributed by atoms with Crippen molar-refractivity contribution in [3.05, 3.63) is 29.8 Å². The number of benzene rings is 1. The molecule has 4 heteroatoms. The summed E-state index contributed by atoms with van der Waals surface area (Å²) in [7, 11) is 1.35. The first-order valence-corrected chi connectivity index (χ1v) is 4.67. The highest BCUT2D eigenvalue weighted by Gasteiger charge is 2.33. The summed E-state index contributed by atoms with van der Waals surface area (Å²) in [6.45, 7) is 1.73. The predicted octanol–water partition coefficient (Wildman–Crippen LogP) is 0.108. The van der Waals surface area contributed by atoms with Crippen molar-refractivity contribution in [2.24, 2.45) is 0 Å². The number of carbonyl (C=O) groups is 1. The van der Waals surface area contributed by atoms with Crippen LogP contribution in [-0.2, 0) is 16.0 Å². The molecule has 4 N–H and O–H groups in total. The van der Waals surface area contributed by atoms with Gasteiger partial charge in [-0.15, -0.1) is 0 Å². The third-order valence-corrected chi connectivity index (χ3v) is 2.21. The van der Waals surface area contributed by atoms with Crippen molar-refractivity contribution < 1.29 is 20.4 Å². The monoisotopic (exact) mass is 210 g/mol. The van der Waals surface area contributed by atoms with Crippen LogP contribution in [0, 0.1) is 0 Å². The highest BCUT2D eigenvalue weighted by molar-refractivity contribution is 5.78. The van der Waals surface area contributed by atoms with Gasteiger partial charge in [-0.1, -0.05) is 12.1 Å². The molecule has 0 aliphatic rings. The van der Waals surface area contributed by atoms with E-state index in [1.165, 1.54) is 7.11 Å². The molecule has 0 heterocycles. The summed E-state index contributed by atoms with van der Waals surface area (Å²) < 4.78 is 4.66. The first-order chi connectivity index (χ1) is 6.95. The molecule has 0 saturated carbocycles. The van der Waals surface area contributed by atoms with E-state index in [-0.39, 0.29) is 11.7 Å². The van der Waals surface area contributed by atoms with E-state index in [1.54, 1.807) is 31.2 Å². The Hall–Kier alpha value is -1.55. The number of esters is 1. The fraction of sp³-hybridized carbons (Fsp3) is 0.364. The second-order valence-corrected chi connectivity index (χ2v) is 3.90. The standard InChI is InChI=1S/C11H15NO3/c1-11(12,10(14)15-2)7-8-3-5-9(13)6-4-8/h3-6,13H,7,12H2,1-2H3/p+1/t11-/m1/s1. The molecule has 0 unspecified atom stereocenters. The number of hydrogen-bond donors (Lipinski definition) is 2. The Morgan fingerprint density at radius 3 is 2.47 bits per heavy atom. The summed E-state index contributed by atoms with van der Waals surface area (Å²) >= 11 is 0. The molecule has 1 aromatic rings. The van der Waals surface area contributed by atoms with Crippen molar-refractivity contribution in [1.82, 2.24) is 0 Å². The molecule has 15 heavy (non-hydrogen) atoms. The van der Waals surface area contributed by atoms with E-state index < -0.39 is 5.54 Å². The van der Waals surface area contributed by atoms with E-state index in [0.717, 1.165) is 5.56 Å². The Morgan fingerprint density at radius 2 is 2.00 bits per heavy atom. The number of methoxy groups -OCH3 is 1. The minimum atomic E-state index is -0.786. The van der Waals surface area contributed by atoms with Gasteiger partial charge < -0.3 is 15.6 Å². The number of phenolic OH excluding ortho intramolecular Hbond substituents is 1. The summed E-state index contributed by atoms with van der Waals surface area (Å²) in [5, 5.41) is 9.10. The second-order valence-electron chi connectivity index (χ2n) is 3.90. The number of ether oxygens (including phenoxy) is 1. The van der Waals surface area contributed by atoms with Crippen LogP contribution in [0.25, 0.3) is 0 Å². The van der Waals surface area contributed by atoms with Crippen LogP contribution < -0.4 is 5.73 Å². The Bertz CT molecular complexity index is 343. The molecule has 4 nitrogen and oxygen atoms in total. The normalized spacial score (nSPS) is 14.3. The highest BCUT2D eigenvalue weighted by Crippen LogP contribution is 2.14. The van der Waals surface area contributed by atoms with Crippen LogP contribution in [0.2, 0.25) is 0 Å². The van der Waals surface area contributed by atoms with E-state index in [2.05, 4.69) is 10.5 Å². The molecule has 0 fully saturated rings. The van der Waals surface area contributed by atoms with Gasteiger partial charge in [0.15, 0.2) is 5.54 Å². The molecule has 0 aliphatic carbocycles. The maximum Gasteiger partial charge on any atom is 0.367 e. The Balaban J connectivity index is 2.77. The van der Waals surface area contributed by atoms with Gasteiger partial charge >= 0.3 is 5.97 Å². The number of quaternary nitrogens is 1. The van der Waals surface area contributed by atoms with Gasteiger partial charge in [-0.25, -0.2) is 4.79 Å². The Kier molecular flexibility index (Phi) is 3.31. The lowest BCUT2D eigenvalue weighted by Gasteiger charge is -2.17. The molecule has 1 rings (SSSR count). The molecule has 0 radical (unpaired) electrons. The van der Waals surface area contributed by atoms with Crippen molar-refractivity contribution in [2.45, 2.75) is 18.9 Å². The molecule has 1 aromatic carbocycles. The first-order valence-electron chi connectivity index (χ1n) is 4.67. The third-order valence-electron chi connectivity index (χ3n) is 2.21. The third kappa shape index (κ3) is 2.95. The maximum absolute atomic E-state index is 11.4. The second kappa shape index (κ2) is 4.31. The summed E-state index contributed by atoms with van der Waals surface area (Å²) in [6, 6.07) is 6.70. The van der Waals surface area contributed by atoms with Crippen molar-refractivity contribution in [3.63, 3.8) is 0 Å². The molecule has 0 aromatic heterocycles. The fourth-order valence-electron chi connectivity index (χ4n) is 1.38. The van der Waals surface area contributed by atoms with Crippen LogP contribution in [0.3, 0.4) is 0 Å². The summed E-state index contributed by atoms with van der Waals surface area (Å²) in [4.78, 5) is 11.4. The van der Waals surface area contributed by atoms with Gasteiger partial charge in [-0.05, 0) is 17.7 Å². The zero-order valence-electron chi connectivity index (χ0n) is 8.99. The molecule has 82 valence electrons. The molecule has 0 saturated heterocycles. The average molecular weight is 210 g/mol. The summed E-state index contributed by atoms with van der Waals surface area (Å²) in [5.41, 5.74) is 3.98.